The maximum Gasteiger partial charge on any atom is 0.307 e. The van der Waals surface area contributed by atoms with E-state index in [1.807, 2.05) is 25.3 Å². The fourth-order valence-electron chi connectivity index (χ4n) is 3.98. The summed E-state index contributed by atoms with van der Waals surface area (Å²) in [6.07, 6.45) is 6.62. The number of carboxylic acid groups (broad SMARTS) is 1. The fourth-order valence-corrected chi connectivity index (χ4v) is 3.98. The molecule has 1 N–H and O–H groups in total. The number of rotatable bonds is 7. The van der Waals surface area contributed by atoms with Gasteiger partial charge in [-0.2, -0.15) is 0 Å². The zero-order chi connectivity index (χ0) is 23.5. The van der Waals surface area contributed by atoms with Crippen LogP contribution in [0.4, 0.5) is 5.69 Å². The lowest BCUT2D eigenvalue weighted by molar-refractivity contribution is -0.136. The Morgan fingerprint density at radius 2 is 1.84 bits per heavy atom. The normalized spacial score (nSPS) is 16.1. The molecule has 32 heavy (non-hydrogen) atoms. The van der Waals surface area contributed by atoms with Gasteiger partial charge in [0.25, 0.3) is 0 Å². The number of carboxylic acids is 1. The van der Waals surface area contributed by atoms with Crippen LogP contribution in [-0.4, -0.2) is 40.7 Å². The van der Waals surface area contributed by atoms with Crippen LogP contribution in [0.5, 0.6) is 5.75 Å². The SMILES string of the molecule is Cc1ncc(-c2ccc(OCCC(C)(C)C)cn2)c(N2CCC(C)(C)CC2)c1CC(=O)O. The van der Waals surface area contributed by atoms with Crippen molar-refractivity contribution >= 4 is 11.7 Å². The third kappa shape index (κ3) is 6.21. The molecule has 3 heterocycles. The van der Waals surface area contributed by atoms with Crippen LogP contribution in [0.2, 0.25) is 0 Å². The number of aromatic nitrogens is 2. The third-order valence-corrected chi connectivity index (χ3v) is 6.26. The minimum absolute atomic E-state index is 0.0457. The van der Waals surface area contributed by atoms with Crippen LogP contribution in [0.15, 0.2) is 24.5 Å². The summed E-state index contributed by atoms with van der Waals surface area (Å²) in [4.78, 5) is 23.2. The number of hydrogen-bond donors (Lipinski definition) is 1. The summed E-state index contributed by atoms with van der Waals surface area (Å²) in [6.45, 7) is 15.5. The average molecular weight is 440 g/mol. The lowest BCUT2D eigenvalue weighted by Crippen LogP contribution is -2.38. The maximum atomic E-state index is 11.6. The van der Waals surface area contributed by atoms with Crippen molar-refractivity contribution < 1.29 is 14.6 Å². The highest BCUT2D eigenvalue weighted by Crippen LogP contribution is 2.39. The molecule has 2 aromatic rings. The molecule has 3 rings (SSSR count). The van der Waals surface area contributed by atoms with Crippen LogP contribution in [0.25, 0.3) is 11.3 Å². The Morgan fingerprint density at radius 1 is 1.16 bits per heavy atom. The van der Waals surface area contributed by atoms with Gasteiger partial charge in [0.1, 0.15) is 5.75 Å². The molecule has 0 bridgehead atoms. The van der Waals surface area contributed by atoms with Crippen LogP contribution >= 0.6 is 0 Å². The largest absolute Gasteiger partial charge is 0.492 e. The van der Waals surface area contributed by atoms with Crippen LogP contribution in [0.3, 0.4) is 0 Å². The summed E-state index contributed by atoms with van der Waals surface area (Å²) >= 11 is 0. The number of carbonyl (C=O) groups is 1. The molecule has 0 aliphatic carbocycles. The molecule has 174 valence electrons. The topological polar surface area (TPSA) is 75.6 Å². The molecule has 2 aromatic heterocycles. The molecule has 6 nitrogen and oxygen atoms in total. The van der Waals surface area contributed by atoms with Crippen LogP contribution in [-0.2, 0) is 11.2 Å². The molecule has 6 heteroatoms. The smallest absolute Gasteiger partial charge is 0.307 e. The second-order valence-corrected chi connectivity index (χ2v) is 10.8. The van der Waals surface area contributed by atoms with E-state index in [-0.39, 0.29) is 11.8 Å². The van der Waals surface area contributed by atoms with E-state index in [0.29, 0.717) is 12.0 Å². The highest BCUT2D eigenvalue weighted by molar-refractivity contribution is 5.83. The van der Waals surface area contributed by atoms with E-state index in [0.717, 1.165) is 66.3 Å². The van der Waals surface area contributed by atoms with Crippen molar-refractivity contribution in [3.8, 4) is 17.0 Å². The third-order valence-electron chi connectivity index (χ3n) is 6.26. The minimum atomic E-state index is -0.846. The van der Waals surface area contributed by atoms with E-state index in [1.54, 1.807) is 6.20 Å². The van der Waals surface area contributed by atoms with Gasteiger partial charge in [0.05, 0.1) is 30.6 Å². The number of hydrogen-bond acceptors (Lipinski definition) is 5. The van der Waals surface area contributed by atoms with Gasteiger partial charge >= 0.3 is 5.97 Å². The van der Waals surface area contributed by atoms with E-state index < -0.39 is 5.97 Å². The van der Waals surface area contributed by atoms with Crippen molar-refractivity contribution in [2.24, 2.45) is 10.8 Å². The lowest BCUT2D eigenvalue weighted by atomic mass is 9.82. The molecule has 1 aliphatic rings. The van der Waals surface area contributed by atoms with Crippen LogP contribution in [0.1, 0.15) is 65.1 Å². The maximum absolute atomic E-state index is 11.6. The first kappa shape index (κ1) is 24.0. The molecular weight excluding hydrogens is 402 g/mol. The Balaban J connectivity index is 1.92. The molecule has 1 fully saturated rings. The Labute approximate surface area is 192 Å². The molecule has 0 radical (unpaired) electrons. The first-order chi connectivity index (χ1) is 15.0. The molecular formula is C26H37N3O3. The van der Waals surface area contributed by atoms with Gasteiger partial charge in [0.15, 0.2) is 0 Å². The molecule has 1 saturated heterocycles. The zero-order valence-corrected chi connectivity index (χ0v) is 20.4. The van der Waals surface area contributed by atoms with Gasteiger partial charge in [-0.1, -0.05) is 34.6 Å². The Hall–Kier alpha value is -2.63. The molecule has 1 aliphatic heterocycles. The van der Waals surface area contributed by atoms with E-state index >= 15 is 0 Å². The predicted molar refractivity (Wildman–Crippen MR) is 128 cm³/mol. The molecule has 0 spiro atoms. The first-order valence-electron chi connectivity index (χ1n) is 11.5. The summed E-state index contributed by atoms with van der Waals surface area (Å²) < 4.78 is 5.87. The second kappa shape index (κ2) is 9.47. The molecule has 0 amide bonds. The average Bonchev–Trinajstić information content (AvgIpc) is 2.69. The van der Waals surface area contributed by atoms with Gasteiger partial charge in [-0.3, -0.25) is 14.8 Å². The van der Waals surface area contributed by atoms with Crippen molar-refractivity contribution in [3.63, 3.8) is 0 Å². The number of nitrogens with zero attached hydrogens (tertiary/aromatic N) is 3. The Morgan fingerprint density at radius 3 is 2.41 bits per heavy atom. The summed E-state index contributed by atoms with van der Waals surface area (Å²) in [5, 5.41) is 9.56. The molecule has 0 saturated carbocycles. The molecule has 0 unspecified atom stereocenters. The number of piperidine rings is 1. The lowest BCUT2D eigenvalue weighted by Gasteiger charge is -2.40. The van der Waals surface area contributed by atoms with Gasteiger partial charge in [0.2, 0.25) is 0 Å². The first-order valence-corrected chi connectivity index (χ1v) is 11.5. The van der Waals surface area contributed by atoms with Gasteiger partial charge in [0, 0.05) is 36.1 Å². The Kier molecular flexibility index (Phi) is 7.11. The van der Waals surface area contributed by atoms with E-state index in [4.69, 9.17) is 4.74 Å². The fraction of sp³-hybridized carbons (Fsp3) is 0.577. The van der Waals surface area contributed by atoms with Crippen LogP contribution < -0.4 is 9.64 Å². The van der Waals surface area contributed by atoms with Gasteiger partial charge in [-0.05, 0) is 49.1 Å². The summed E-state index contributed by atoms with van der Waals surface area (Å²) in [5.74, 6) is -0.105. The van der Waals surface area contributed by atoms with Gasteiger partial charge in [-0.15, -0.1) is 0 Å². The molecule has 0 atom stereocenters. The second-order valence-electron chi connectivity index (χ2n) is 10.8. The monoisotopic (exact) mass is 439 g/mol. The standard InChI is InChI=1S/C26H37N3O3/c1-18-20(15-23(30)31)24(29-12-9-26(5,6)10-13-29)21(17-27-18)22-8-7-19(16-28-22)32-14-11-25(2,3)4/h7-8,16-17H,9-15H2,1-6H3,(H,30,31). The van der Waals surface area contributed by atoms with Gasteiger partial charge in [-0.25, -0.2) is 0 Å². The van der Waals surface area contributed by atoms with E-state index in [1.165, 1.54) is 0 Å². The van der Waals surface area contributed by atoms with Crippen molar-refractivity contribution in [2.75, 3.05) is 24.6 Å². The van der Waals surface area contributed by atoms with Crippen molar-refractivity contribution in [3.05, 3.63) is 35.8 Å². The zero-order valence-electron chi connectivity index (χ0n) is 20.4. The number of pyridine rings is 2. The van der Waals surface area contributed by atoms with Crippen molar-refractivity contribution in [1.82, 2.24) is 9.97 Å². The minimum Gasteiger partial charge on any atom is -0.492 e. The van der Waals surface area contributed by atoms with E-state index in [2.05, 4.69) is 49.5 Å². The van der Waals surface area contributed by atoms with E-state index in [9.17, 15) is 9.90 Å². The van der Waals surface area contributed by atoms with Crippen LogP contribution in [0, 0.1) is 17.8 Å². The van der Waals surface area contributed by atoms with Crippen molar-refractivity contribution in [2.45, 2.75) is 67.2 Å². The highest BCUT2D eigenvalue weighted by Gasteiger charge is 2.29. The number of ether oxygens (including phenoxy) is 1. The predicted octanol–water partition coefficient (Wildman–Crippen LogP) is 5.52. The number of anilines is 1. The van der Waals surface area contributed by atoms with Gasteiger partial charge < -0.3 is 14.7 Å². The summed E-state index contributed by atoms with van der Waals surface area (Å²) in [7, 11) is 0. The summed E-state index contributed by atoms with van der Waals surface area (Å²) in [6, 6.07) is 3.88. The highest BCUT2D eigenvalue weighted by atomic mass is 16.5. The quantitative estimate of drug-likeness (QED) is 0.612. The molecule has 0 aromatic carbocycles. The summed E-state index contributed by atoms with van der Waals surface area (Å²) in [5.41, 5.74) is 4.69. The number of aliphatic carboxylic acids is 1. The number of aryl methyl sites for hydroxylation is 1. The Bertz CT molecular complexity index is 936. The van der Waals surface area contributed by atoms with Crippen molar-refractivity contribution in [1.29, 1.82) is 0 Å².